The highest BCUT2D eigenvalue weighted by Gasteiger charge is 2.17. The molecular weight excluding hydrogens is 279 g/mol. The Balaban J connectivity index is 1.91. The van der Waals surface area contributed by atoms with Gasteiger partial charge in [0.15, 0.2) is 0 Å². The molecule has 0 bridgehead atoms. The molecule has 1 aromatic rings. The highest BCUT2D eigenvalue weighted by molar-refractivity contribution is 7.89. The predicted octanol–water partition coefficient (Wildman–Crippen LogP) is 1.80. The fourth-order valence-corrected chi connectivity index (χ4v) is 3.45. The average Bonchev–Trinajstić information content (AvgIpc) is 2.43. The Morgan fingerprint density at radius 3 is 2.90 bits per heavy atom. The molecule has 0 spiro atoms. The Hall–Kier alpha value is -0.980. The lowest BCUT2D eigenvalue weighted by Gasteiger charge is -2.22. The summed E-state index contributed by atoms with van der Waals surface area (Å²) in [5, 5.41) is 3.30. The third-order valence-electron chi connectivity index (χ3n) is 3.70. The summed E-state index contributed by atoms with van der Waals surface area (Å²) in [5.74, 6) is 0.0190. The van der Waals surface area contributed by atoms with E-state index in [0.717, 1.165) is 38.4 Å². The van der Waals surface area contributed by atoms with Crippen molar-refractivity contribution >= 4 is 10.0 Å². The summed E-state index contributed by atoms with van der Waals surface area (Å²) in [5.41, 5.74) is 0.442. The first kappa shape index (κ1) is 15.4. The minimum Gasteiger partial charge on any atom is -0.316 e. The molecule has 1 saturated heterocycles. The smallest absolute Gasteiger partial charge is 0.240 e. The molecule has 4 nitrogen and oxygen atoms in total. The highest BCUT2D eigenvalue weighted by atomic mass is 32.2. The van der Waals surface area contributed by atoms with E-state index in [1.807, 2.05) is 0 Å². The van der Waals surface area contributed by atoms with Crippen LogP contribution in [-0.4, -0.2) is 28.1 Å². The first-order valence-electron chi connectivity index (χ1n) is 6.95. The molecule has 0 saturated carbocycles. The molecule has 0 aromatic heterocycles. The fraction of sp³-hybridized carbons (Fsp3) is 0.571. The third-order valence-corrected chi connectivity index (χ3v) is 5.16. The summed E-state index contributed by atoms with van der Waals surface area (Å²) in [6.07, 6.45) is 3.08. The maximum absolute atomic E-state index is 13.4. The Kier molecular flexibility index (Phi) is 5.12. The van der Waals surface area contributed by atoms with Crippen molar-refractivity contribution in [3.05, 3.63) is 29.6 Å². The van der Waals surface area contributed by atoms with E-state index >= 15 is 0 Å². The number of hydrogen-bond donors (Lipinski definition) is 2. The SMILES string of the molecule is Cc1ccc(S(=O)(=O)NCCC2CCCNC2)cc1F. The normalized spacial score (nSPS) is 20.0. The first-order chi connectivity index (χ1) is 9.49. The van der Waals surface area contributed by atoms with E-state index in [-0.39, 0.29) is 4.90 Å². The zero-order valence-electron chi connectivity index (χ0n) is 11.7. The molecule has 0 radical (unpaired) electrons. The van der Waals surface area contributed by atoms with Crippen LogP contribution in [-0.2, 0) is 10.0 Å². The second-order valence-electron chi connectivity index (χ2n) is 5.31. The molecule has 1 fully saturated rings. The Morgan fingerprint density at radius 1 is 1.45 bits per heavy atom. The number of aryl methyl sites for hydroxylation is 1. The Bertz CT molecular complexity index is 554. The van der Waals surface area contributed by atoms with E-state index in [4.69, 9.17) is 0 Å². The molecule has 0 aliphatic carbocycles. The molecule has 1 unspecified atom stereocenters. The van der Waals surface area contributed by atoms with Gasteiger partial charge < -0.3 is 5.32 Å². The summed E-state index contributed by atoms with van der Waals surface area (Å²) >= 11 is 0. The lowest BCUT2D eigenvalue weighted by atomic mass is 9.96. The second-order valence-corrected chi connectivity index (χ2v) is 7.08. The number of sulfonamides is 1. The topological polar surface area (TPSA) is 58.2 Å². The monoisotopic (exact) mass is 300 g/mol. The van der Waals surface area contributed by atoms with Gasteiger partial charge in [-0.05, 0) is 62.9 Å². The molecule has 20 heavy (non-hydrogen) atoms. The van der Waals surface area contributed by atoms with E-state index in [9.17, 15) is 12.8 Å². The zero-order chi connectivity index (χ0) is 14.6. The average molecular weight is 300 g/mol. The maximum Gasteiger partial charge on any atom is 0.240 e. The van der Waals surface area contributed by atoms with Gasteiger partial charge in [0.05, 0.1) is 4.90 Å². The maximum atomic E-state index is 13.4. The van der Waals surface area contributed by atoms with E-state index in [1.54, 1.807) is 6.92 Å². The first-order valence-corrected chi connectivity index (χ1v) is 8.44. The van der Waals surface area contributed by atoms with Gasteiger partial charge in [-0.25, -0.2) is 17.5 Å². The minimum atomic E-state index is -3.61. The van der Waals surface area contributed by atoms with Crippen molar-refractivity contribution in [3.63, 3.8) is 0 Å². The van der Waals surface area contributed by atoms with Crippen molar-refractivity contribution in [2.75, 3.05) is 19.6 Å². The van der Waals surface area contributed by atoms with Gasteiger partial charge in [0.25, 0.3) is 0 Å². The number of halogens is 1. The molecule has 112 valence electrons. The lowest BCUT2D eigenvalue weighted by Crippen LogP contribution is -2.33. The summed E-state index contributed by atoms with van der Waals surface area (Å²) < 4.78 is 40.1. The van der Waals surface area contributed by atoms with Gasteiger partial charge in [0.1, 0.15) is 5.82 Å². The molecule has 1 atom stereocenters. The molecule has 6 heteroatoms. The van der Waals surface area contributed by atoms with Crippen LogP contribution >= 0.6 is 0 Å². The summed E-state index contributed by atoms with van der Waals surface area (Å²) in [4.78, 5) is -0.0117. The Labute approximate surface area is 119 Å². The number of nitrogens with one attached hydrogen (secondary N) is 2. The van der Waals surface area contributed by atoms with Gasteiger partial charge in [-0.1, -0.05) is 6.07 Å². The van der Waals surface area contributed by atoms with Crippen molar-refractivity contribution in [2.24, 2.45) is 5.92 Å². The number of rotatable bonds is 5. The van der Waals surface area contributed by atoms with Crippen LogP contribution in [0.25, 0.3) is 0 Å². The molecule has 1 heterocycles. The van der Waals surface area contributed by atoms with Gasteiger partial charge in [-0.3, -0.25) is 0 Å². The molecule has 1 aromatic carbocycles. The van der Waals surface area contributed by atoms with Crippen LogP contribution in [0.3, 0.4) is 0 Å². The number of piperidine rings is 1. The summed E-state index contributed by atoms with van der Waals surface area (Å²) in [6, 6.07) is 3.98. The standard InChI is InChI=1S/C14H21FN2O2S/c1-11-4-5-13(9-14(11)15)20(18,19)17-8-6-12-3-2-7-16-10-12/h4-5,9,12,16-17H,2-3,6-8,10H2,1H3. The van der Waals surface area contributed by atoms with Crippen molar-refractivity contribution in [2.45, 2.75) is 31.1 Å². The number of benzene rings is 1. The van der Waals surface area contributed by atoms with Gasteiger partial charge in [-0.2, -0.15) is 0 Å². The third kappa shape index (κ3) is 4.01. The molecule has 1 aliphatic heterocycles. The lowest BCUT2D eigenvalue weighted by molar-refractivity contribution is 0.358. The molecule has 2 rings (SSSR count). The second kappa shape index (κ2) is 6.65. The van der Waals surface area contributed by atoms with Crippen LogP contribution in [0.4, 0.5) is 4.39 Å². The van der Waals surface area contributed by atoms with Gasteiger partial charge in [-0.15, -0.1) is 0 Å². The van der Waals surface area contributed by atoms with E-state index in [2.05, 4.69) is 10.0 Å². The summed E-state index contributed by atoms with van der Waals surface area (Å²) in [7, 11) is -3.61. The van der Waals surface area contributed by atoms with Gasteiger partial charge in [0.2, 0.25) is 10.0 Å². The molecule has 1 aliphatic rings. The van der Waals surface area contributed by atoms with E-state index < -0.39 is 15.8 Å². The van der Waals surface area contributed by atoms with Crippen LogP contribution in [0.15, 0.2) is 23.1 Å². The van der Waals surface area contributed by atoms with Crippen LogP contribution in [0.2, 0.25) is 0 Å². The molecular formula is C14H21FN2O2S. The molecule has 2 N–H and O–H groups in total. The van der Waals surface area contributed by atoms with Crippen molar-refractivity contribution < 1.29 is 12.8 Å². The highest BCUT2D eigenvalue weighted by Crippen LogP contribution is 2.16. The quantitative estimate of drug-likeness (QED) is 0.872. The van der Waals surface area contributed by atoms with E-state index in [1.165, 1.54) is 12.1 Å². The molecule has 0 amide bonds. The van der Waals surface area contributed by atoms with Gasteiger partial charge in [0, 0.05) is 6.54 Å². The fourth-order valence-electron chi connectivity index (χ4n) is 2.39. The summed E-state index contributed by atoms with van der Waals surface area (Å²) in [6.45, 7) is 3.99. The van der Waals surface area contributed by atoms with Crippen molar-refractivity contribution in [3.8, 4) is 0 Å². The zero-order valence-corrected chi connectivity index (χ0v) is 12.5. The van der Waals surface area contributed by atoms with Crippen LogP contribution in [0, 0.1) is 18.7 Å². The van der Waals surface area contributed by atoms with Crippen molar-refractivity contribution in [1.82, 2.24) is 10.0 Å². The minimum absolute atomic E-state index is 0.0117. The predicted molar refractivity (Wildman–Crippen MR) is 76.5 cm³/mol. The van der Waals surface area contributed by atoms with Gasteiger partial charge >= 0.3 is 0 Å². The Morgan fingerprint density at radius 2 is 2.25 bits per heavy atom. The van der Waals surface area contributed by atoms with Crippen LogP contribution in [0.5, 0.6) is 0 Å². The van der Waals surface area contributed by atoms with Crippen molar-refractivity contribution in [1.29, 1.82) is 0 Å². The van der Waals surface area contributed by atoms with E-state index in [0.29, 0.717) is 18.0 Å². The number of hydrogen-bond acceptors (Lipinski definition) is 3. The van der Waals surface area contributed by atoms with Crippen LogP contribution < -0.4 is 10.0 Å². The largest absolute Gasteiger partial charge is 0.316 e. The van der Waals surface area contributed by atoms with Crippen LogP contribution in [0.1, 0.15) is 24.8 Å².